The van der Waals surface area contributed by atoms with Crippen molar-refractivity contribution in [2.75, 3.05) is 0 Å². The van der Waals surface area contributed by atoms with Gasteiger partial charge in [-0.1, -0.05) is 27.2 Å². The fourth-order valence-corrected chi connectivity index (χ4v) is 6.70. The van der Waals surface area contributed by atoms with Crippen molar-refractivity contribution in [2.24, 2.45) is 22.2 Å². The van der Waals surface area contributed by atoms with E-state index in [9.17, 15) is 4.79 Å². The van der Waals surface area contributed by atoms with Gasteiger partial charge in [0.05, 0.1) is 11.5 Å². The molecule has 1 spiro atoms. The largest absolute Gasteiger partial charge is 0.435 e. The van der Waals surface area contributed by atoms with Crippen molar-refractivity contribution < 1.29 is 14.3 Å². The van der Waals surface area contributed by atoms with Crippen LogP contribution < -0.4 is 0 Å². The highest BCUT2D eigenvalue weighted by atomic mass is 16.7. The summed E-state index contributed by atoms with van der Waals surface area (Å²) in [4.78, 5) is 12.3. The second-order valence-electron chi connectivity index (χ2n) is 7.79. The minimum absolute atomic E-state index is 0.0120. The molecular weight excluding hydrogens is 228 g/mol. The molecular formula is C15H22O3. The Morgan fingerprint density at radius 2 is 1.89 bits per heavy atom. The number of fused-ring (bicyclic) bond motifs is 2. The molecule has 4 fully saturated rings. The molecule has 2 saturated heterocycles. The summed E-state index contributed by atoms with van der Waals surface area (Å²) in [6.07, 6.45) is 4.19. The van der Waals surface area contributed by atoms with Gasteiger partial charge in [0, 0.05) is 11.8 Å². The molecule has 0 aromatic rings. The van der Waals surface area contributed by atoms with Crippen molar-refractivity contribution in [1.82, 2.24) is 0 Å². The average Bonchev–Trinajstić information content (AvgIpc) is 2.33. The van der Waals surface area contributed by atoms with E-state index in [4.69, 9.17) is 9.47 Å². The van der Waals surface area contributed by atoms with Gasteiger partial charge >= 0.3 is 5.97 Å². The number of esters is 1. The van der Waals surface area contributed by atoms with Crippen LogP contribution in [0.5, 0.6) is 0 Å². The van der Waals surface area contributed by atoms with E-state index in [1.54, 1.807) is 0 Å². The minimum Gasteiger partial charge on any atom is -0.435 e. The molecule has 2 saturated carbocycles. The van der Waals surface area contributed by atoms with Gasteiger partial charge in [-0.15, -0.1) is 0 Å². The summed E-state index contributed by atoms with van der Waals surface area (Å²) < 4.78 is 11.6. The normalized spacial score (nSPS) is 59.7. The molecule has 5 atom stereocenters. The average molecular weight is 250 g/mol. The monoisotopic (exact) mass is 250 g/mol. The molecule has 0 amide bonds. The summed E-state index contributed by atoms with van der Waals surface area (Å²) in [7, 11) is 0. The second-order valence-corrected chi connectivity index (χ2v) is 7.79. The molecule has 100 valence electrons. The Balaban J connectivity index is 1.97. The van der Waals surface area contributed by atoms with Gasteiger partial charge < -0.3 is 9.47 Å². The van der Waals surface area contributed by atoms with Gasteiger partial charge in [0.25, 0.3) is 0 Å². The number of hydrogen-bond acceptors (Lipinski definition) is 3. The van der Waals surface area contributed by atoms with Crippen LogP contribution in [-0.4, -0.2) is 17.9 Å². The summed E-state index contributed by atoms with van der Waals surface area (Å²) in [5.41, 5.74) is 0.137. The number of rotatable bonds is 0. The highest BCUT2D eigenvalue weighted by Crippen LogP contribution is 2.84. The zero-order valence-corrected chi connectivity index (χ0v) is 11.7. The minimum atomic E-state index is -0.294. The van der Waals surface area contributed by atoms with E-state index in [2.05, 4.69) is 27.7 Å². The van der Waals surface area contributed by atoms with Crippen LogP contribution in [-0.2, 0) is 14.3 Å². The number of ether oxygens (including phenoxy) is 2. The molecule has 4 aliphatic rings. The highest BCUT2D eigenvalue weighted by molar-refractivity contribution is 5.80. The van der Waals surface area contributed by atoms with Gasteiger partial charge in [-0.05, 0) is 30.6 Å². The third-order valence-corrected chi connectivity index (χ3v) is 7.00. The zero-order chi connectivity index (χ0) is 13.0. The Hall–Kier alpha value is -0.570. The molecule has 2 aliphatic carbocycles. The van der Waals surface area contributed by atoms with Gasteiger partial charge in [-0.25, -0.2) is 0 Å². The van der Waals surface area contributed by atoms with Crippen LogP contribution in [0, 0.1) is 22.2 Å². The smallest absolute Gasteiger partial charge is 0.314 e. The van der Waals surface area contributed by atoms with Crippen molar-refractivity contribution in [1.29, 1.82) is 0 Å². The number of carbonyl (C=O) groups is 1. The molecule has 18 heavy (non-hydrogen) atoms. The molecule has 3 heteroatoms. The van der Waals surface area contributed by atoms with Gasteiger partial charge in [0.2, 0.25) is 6.29 Å². The summed E-state index contributed by atoms with van der Waals surface area (Å²) in [6, 6.07) is 0. The van der Waals surface area contributed by atoms with E-state index in [1.807, 2.05) is 0 Å². The molecule has 0 N–H and O–H groups in total. The van der Waals surface area contributed by atoms with Gasteiger partial charge in [0.15, 0.2) is 0 Å². The van der Waals surface area contributed by atoms with Gasteiger partial charge in [-0.3, -0.25) is 4.79 Å². The van der Waals surface area contributed by atoms with E-state index in [1.165, 1.54) is 12.8 Å². The molecule has 2 bridgehead atoms. The quantitative estimate of drug-likeness (QED) is 0.620. The summed E-state index contributed by atoms with van der Waals surface area (Å²) in [5, 5.41) is 0. The number of carbonyl (C=O) groups excluding carboxylic acids is 1. The molecule has 0 radical (unpaired) electrons. The maximum atomic E-state index is 12.3. The lowest BCUT2D eigenvalue weighted by molar-refractivity contribution is -0.354. The Labute approximate surface area is 108 Å². The molecule has 0 aromatic carbocycles. The van der Waals surface area contributed by atoms with Crippen LogP contribution in [0.15, 0.2) is 0 Å². The van der Waals surface area contributed by atoms with Crippen LogP contribution in [0.2, 0.25) is 0 Å². The Morgan fingerprint density at radius 1 is 1.17 bits per heavy atom. The lowest BCUT2D eigenvalue weighted by Gasteiger charge is -2.76. The third-order valence-electron chi connectivity index (χ3n) is 7.00. The van der Waals surface area contributed by atoms with E-state index in [0.29, 0.717) is 0 Å². The first-order valence-corrected chi connectivity index (χ1v) is 7.17. The van der Waals surface area contributed by atoms with E-state index < -0.39 is 0 Å². The lowest BCUT2D eigenvalue weighted by Crippen LogP contribution is -2.80. The Morgan fingerprint density at radius 3 is 2.61 bits per heavy atom. The summed E-state index contributed by atoms with van der Waals surface area (Å²) in [5.74, 6) is -0.0644. The fraction of sp³-hybridized carbons (Fsp3) is 0.933. The maximum Gasteiger partial charge on any atom is 0.314 e. The van der Waals surface area contributed by atoms with E-state index in [-0.39, 0.29) is 40.0 Å². The van der Waals surface area contributed by atoms with Crippen LogP contribution in [0.1, 0.15) is 53.4 Å². The first kappa shape index (κ1) is 11.3. The van der Waals surface area contributed by atoms with Crippen LogP contribution in [0.4, 0.5) is 0 Å². The molecule has 3 nitrogen and oxygen atoms in total. The molecule has 2 aliphatic heterocycles. The molecule has 2 heterocycles. The topological polar surface area (TPSA) is 35.5 Å². The summed E-state index contributed by atoms with van der Waals surface area (Å²) in [6.45, 7) is 9.19. The van der Waals surface area contributed by atoms with Crippen molar-refractivity contribution in [3.8, 4) is 0 Å². The van der Waals surface area contributed by atoms with E-state index >= 15 is 0 Å². The Bertz CT molecular complexity index is 457. The fourth-order valence-electron chi connectivity index (χ4n) is 6.70. The predicted octanol–water partition coefficient (Wildman–Crippen LogP) is 2.88. The first-order valence-electron chi connectivity index (χ1n) is 7.17. The second kappa shape index (κ2) is 2.65. The van der Waals surface area contributed by atoms with Crippen LogP contribution in [0.3, 0.4) is 0 Å². The summed E-state index contributed by atoms with van der Waals surface area (Å²) >= 11 is 0. The number of hydrogen-bond donors (Lipinski definition) is 0. The molecule has 4 rings (SSSR count). The van der Waals surface area contributed by atoms with Crippen LogP contribution >= 0.6 is 0 Å². The van der Waals surface area contributed by atoms with Crippen molar-refractivity contribution >= 4 is 5.97 Å². The predicted molar refractivity (Wildman–Crippen MR) is 65.6 cm³/mol. The SMILES string of the molecule is CC1(C)CCC[C@]2(C)[C@@H]3C(=O)O[C@@H]4C[C@]12[C@@]3(C)O4. The third kappa shape index (κ3) is 0.774. The zero-order valence-electron chi connectivity index (χ0n) is 11.7. The molecule has 0 unspecified atom stereocenters. The van der Waals surface area contributed by atoms with Gasteiger partial charge in [-0.2, -0.15) is 0 Å². The van der Waals surface area contributed by atoms with E-state index in [0.717, 1.165) is 12.8 Å². The van der Waals surface area contributed by atoms with Gasteiger partial charge in [0.1, 0.15) is 0 Å². The maximum absolute atomic E-state index is 12.3. The Kier molecular flexibility index (Phi) is 1.66. The van der Waals surface area contributed by atoms with Crippen molar-refractivity contribution in [3.05, 3.63) is 0 Å². The lowest BCUT2D eigenvalue weighted by atomic mass is 9.27. The highest BCUT2D eigenvalue weighted by Gasteiger charge is 2.88. The standard InChI is InChI=1S/C15H22O3/c1-12(2)6-5-7-13(3)10-11(16)17-9-8-15(12,13)14(10,4)18-9/h9-10H,5-8H2,1-4H3/t9-,10-,13+,14-,15-/m0/s1. The first-order chi connectivity index (χ1) is 8.29. The molecule has 0 aromatic heterocycles. The van der Waals surface area contributed by atoms with Crippen molar-refractivity contribution in [2.45, 2.75) is 65.3 Å². The van der Waals surface area contributed by atoms with Crippen LogP contribution in [0.25, 0.3) is 0 Å². The van der Waals surface area contributed by atoms with Crippen molar-refractivity contribution in [3.63, 3.8) is 0 Å².